The number of aliphatic imine (C=N–C) groups is 1. The molecule has 9 heteroatoms. The number of amides is 1. The SMILES string of the molecule is CCN(CC)C(=O)CCNC(=NCc1nnc(C)n1C)NCCOC. The van der Waals surface area contributed by atoms with Crippen LogP contribution in [0.25, 0.3) is 0 Å². The second kappa shape index (κ2) is 11.4. The monoisotopic (exact) mass is 353 g/mol. The number of ether oxygens (including phenoxy) is 1. The fourth-order valence-corrected chi connectivity index (χ4v) is 2.21. The number of hydrogen-bond donors (Lipinski definition) is 2. The summed E-state index contributed by atoms with van der Waals surface area (Å²) in [6, 6.07) is 0. The van der Waals surface area contributed by atoms with Crippen LogP contribution in [0.1, 0.15) is 31.9 Å². The molecule has 0 aromatic carbocycles. The van der Waals surface area contributed by atoms with E-state index in [0.717, 1.165) is 24.7 Å². The van der Waals surface area contributed by atoms with Crippen molar-refractivity contribution < 1.29 is 9.53 Å². The van der Waals surface area contributed by atoms with Gasteiger partial charge in [0.2, 0.25) is 5.91 Å². The van der Waals surface area contributed by atoms with E-state index in [1.54, 1.807) is 7.11 Å². The highest BCUT2D eigenvalue weighted by atomic mass is 16.5. The summed E-state index contributed by atoms with van der Waals surface area (Å²) >= 11 is 0. The van der Waals surface area contributed by atoms with Gasteiger partial charge in [-0.2, -0.15) is 0 Å². The lowest BCUT2D eigenvalue weighted by Crippen LogP contribution is -2.41. The fourth-order valence-electron chi connectivity index (χ4n) is 2.21. The lowest BCUT2D eigenvalue weighted by molar-refractivity contribution is -0.130. The quantitative estimate of drug-likeness (QED) is 0.351. The largest absolute Gasteiger partial charge is 0.383 e. The third-order valence-electron chi connectivity index (χ3n) is 3.91. The Hall–Kier alpha value is -2.16. The van der Waals surface area contributed by atoms with Crippen molar-refractivity contribution in [1.29, 1.82) is 0 Å². The summed E-state index contributed by atoms with van der Waals surface area (Å²) in [5.41, 5.74) is 0. The number of rotatable bonds is 10. The first-order valence-electron chi connectivity index (χ1n) is 8.67. The minimum absolute atomic E-state index is 0.137. The Morgan fingerprint density at radius 2 is 1.92 bits per heavy atom. The predicted octanol–water partition coefficient (Wildman–Crippen LogP) is 0.0636. The van der Waals surface area contributed by atoms with Gasteiger partial charge in [-0.15, -0.1) is 10.2 Å². The first kappa shape index (κ1) is 20.9. The Morgan fingerprint density at radius 3 is 2.48 bits per heavy atom. The number of guanidine groups is 1. The molecule has 1 amide bonds. The van der Waals surface area contributed by atoms with Crippen LogP contribution in [-0.4, -0.2) is 71.4 Å². The minimum atomic E-state index is 0.137. The summed E-state index contributed by atoms with van der Waals surface area (Å²) in [5, 5.41) is 14.5. The van der Waals surface area contributed by atoms with Crippen LogP contribution in [0.3, 0.4) is 0 Å². The van der Waals surface area contributed by atoms with Gasteiger partial charge in [0.1, 0.15) is 12.4 Å². The maximum absolute atomic E-state index is 12.1. The number of aromatic nitrogens is 3. The van der Waals surface area contributed by atoms with E-state index in [2.05, 4.69) is 25.8 Å². The lowest BCUT2D eigenvalue weighted by Gasteiger charge is -2.19. The maximum Gasteiger partial charge on any atom is 0.224 e. The van der Waals surface area contributed by atoms with E-state index in [9.17, 15) is 4.79 Å². The number of carbonyl (C=O) groups is 1. The molecule has 1 heterocycles. The van der Waals surface area contributed by atoms with E-state index < -0.39 is 0 Å². The highest BCUT2D eigenvalue weighted by Crippen LogP contribution is 1.99. The molecule has 0 saturated heterocycles. The summed E-state index contributed by atoms with van der Waals surface area (Å²) in [5.74, 6) is 2.39. The van der Waals surface area contributed by atoms with Crippen molar-refractivity contribution in [3.63, 3.8) is 0 Å². The first-order valence-corrected chi connectivity index (χ1v) is 8.67. The predicted molar refractivity (Wildman–Crippen MR) is 97.3 cm³/mol. The molecule has 1 aromatic rings. The van der Waals surface area contributed by atoms with E-state index in [0.29, 0.717) is 38.6 Å². The number of hydrogen-bond acceptors (Lipinski definition) is 5. The molecule has 9 nitrogen and oxygen atoms in total. The molecule has 0 fully saturated rings. The Labute approximate surface area is 149 Å². The van der Waals surface area contributed by atoms with Gasteiger partial charge >= 0.3 is 0 Å². The number of aryl methyl sites for hydroxylation is 1. The third kappa shape index (κ3) is 7.08. The average Bonchev–Trinajstić information content (AvgIpc) is 2.92. The summed E-state index contributed by atoms with van der Waals surface area (Å²) in [6.45, 7) is 9.45. The zero-order valence-corrected chi connectivity index (χ0v) is 16.0. The standard InChI is InChI=1S/C16H31N7O2/c1-6-23(7-2)15(24)8-9-17-16(18-10-11-25-5)19-12-14-21-20-13(3)22(14)4/h6-12H2,1-5H3,(H2,17,18,19). The smallest absolute Gasteiger partial charge is 0.224 e. The van der Waals surface area contributed by atoms with E-state index >= 15 is 0 Å². The summed E-state index contributed by atoms with van der Waals surface area (Å²) in [7, 11) is 3.56. The van der Waals surface area contributed by atoms with Crippen molar-refractivity contribution >= 4 is 11.9 Å². The second-order valence-electron chi connectivity index (χ2n) is 5.55. The summed E-state index contributed by atoms with van der Waals surface area (Å²) in [4.78, 5) is 18.4. The summed E-state index contributed by atoms with van der Waals surface area (Å²) < 4.78 is 6.95. The number of carbonyl (C=O) groups excluding carboxylic acids is 1. The van der Waals surface area contributed by atoms with Crippen LogP contribution in [0.4, 0.5) is 0 Å². The molecule has 2 N–H and O–H groups in total. The van der Waals surface area contributed by atoms with Gasteiger partial charge in [0.25, 0.3) is 0 Å². The molecule has 0 unspecified atom stereocenters. The van der Waals surface area contributed by atoms with Crippen molar-refractivity contribution in [1.82, 2.24) is 30.3 Å². The molecule has 142 valence electrons. The number of nitrogens with zero attached hydrogens (tertiary/aromatic N) is 5. The van der Waals surface area contributed by atoms with E-state index in [1.807, 2.05) is 37.3 Å². The Morgan fingerprint density at radius 1 is 1.24 bits per heavy atom. The van der Waals surface area contributed by atoms with Crippen molar-refractivity contribution in [3.05, 3.63) is 11.6 Å². The zero-order valence-electron chi connectivity index (χ0n) is 16.0. The van der Waals surface area contributed by atoms with E-state index in [4.69, 9.17) is 4.74 Å². The van der Waals surface area contributed by atoms with Crippen LogP contribution in [-0.2, 0) is 23.1 Å². The van der Waals surface area contributed by atoms with Crippen LogP contribution in [0.2, 0.25) is 0 Å². The molecule has 1 aromatic heterocycles. The molecule has 0 aliphatic carbocycles. The highest BCUT2D eigenvalue weighted by molar-refractivity contribution is 5.81. The molecule has 0 radical (unpaired) electrons. The van der Waals surface area contributed by atoms with Crippen LogP contribution in [0, 0.1) is 6.92 Å². The van der Waals surface area contributed by atoms with Crippen LogP contribution >= 0.6 is 0 Å². The fraction of sp³-hybridized carbons (Fsp3) is 0.750. The van der Waals surface area contributed by atoms with Gasteiger partial charge in [-0.3, -0.25) is 4.79 Å². The molecular formula is C16H31N7O2. The molecule has 0 saturated carbocycles. The molecule has 0 bridgehead atoms. The van der Waals surface area contributed by atoms with Crippen LogP contribution in [0.5, 0.6) is 0 Å². The second-order valence-corrected chi connectivity index (χ2v) is 5.55. The average molecular weight is 353 g/mol. The molecule has 0 atom stereocenters. The molecule has 25 heavy (non-hydrogen) atoms. The molecule has 0 aliphatic heterocycles. The van der Waals surface area contributed by atoms with Crippen molar-refractivity contribution in [2.75, 3.05) is 39.9 Å². The first-order chi connectivity index (χ1) is 12.0. The molecule has 1 rings (SSSR count). The van der Waals surface area contributed by atoms with Gasteiger partial charge < -0.3 is 24.8 Å². The van der Waals surface area contributed by atoms with Crippen molar-refractivity contribution in [2.45, 2.75) is 33.7 Å². The zero-order chi connectivity index (χ0) is 18.7. The highest BCUT2D eigenvalue weighted by Gasteiger charge is 2.10. The minimum Gasteiger partial charge on any atom is -0.383 e. The van der Waals surface area contributed by atoms with Crippen LogP contribution in [0.15, 0.2) is 4.99 Å². The molecule has 0 aliphatic rings. The van der Waals surface area contributed by atoms with Gasteiger partial charge in [0.05, 0.1) is 6.61 Å². The number of nitrogens with one attached hydrogen (secondary N) is 2. The lowest BCUT2D eigenvalue weighted by atomic mass is 10.3. The van der Waals surface area contributed by atoms with Crippen molar-refractivity contribution in [2.24, 2.45) is 12.0 Å². The Kier molecular flexibility index (Phi) is 9.53. The third-order valence-corrected chi connectivity index (χ3v) is 3.91. The summed E-state index contributed by atoms with van der Waals surface area (Å²) in [6.07, 6.45) is 0.426. The van der Waals surface area contributed by atoms with Gasteiger partial charge in [0, 0.05) is 46.8 Å². The normalized spacial score (nSPS) is 11.5. The Balaban J connectivity index is 2.58. The topological polar surface area (TPSA) is 96.7 Å². The van der Waals surface area contributed by atoms with E-state index in [1.165, 1.54) is 0 Å². The van der Waals surface area contributed by atoms with Gasteiger partial charge in [0.15, 0.2) is 11.8 Å². The van der Waals surface area contributed by atoms with Gasteiger partial charge in [-0.25, -0.2) is 4.99 Å². The van der Waals surface area contributed by atoms with E-state index in [-0.39, 0.29) is 5.91 Å². The molecule has 0 spiro atoms. The maximum atomic E-state index is 12.1. The van der Waals surface area contributed by atoms with Crippen LogP contribution < -0.4 is 10.6 Å². The Bertz CT molecular complexity index is 553. The van der Waals surface area contributed by atoms with Gasteiger partial charge in [-0.05, 0) is 20.8 Å². The number of methoxy groups -OCH3 is 1. The van der Waals surface area contributed by atoms with Crippen molar-refractivity contribution in [3.8, 4) is 0 Å². The van der Waals surface area contributed by atoms with Gasteiger partial charge in [-0.1, -0.05) is 0 Å². The molecular weight excluding hydrogens is 322 g/mol.